The van der Waals surface area contributed by atoms with E-state index in [9.17, 15) is 10.1 Å². The number of pyridine rings is 1. The summed E-state index contributed by atoms with van der Waals surface area (Å²) in [5.41, 5.74) is 2.69. The third kappa shape index (κ3) is 4.56. The lowest BCUT2D eigenvalue weighted by Crippen LogP contribution is -2.37. The summed E-state index contributed by atoms with van der Waals surface area (Å²) in [4.78, 5) is 17.4. The molecule has 156 valence electrons. The zero-order valence-electron chi connectivity index (χ0n) is 17.3. The summed E-state index contributed by atoms with van der Waals surface area (Å²) in [7, 11) is 0. The molecule has 1 atom stereocenters. The summed E-state index contributed by atoms with van der Waals surface area (Å²) < 4.78 is 9.56. The molecule has 0 bridgehead atoms. The number of carbonyl (C=O) groups excluding carboxylic acids is 1. The molecule has 3 heterocycles. The molecule has 0 saturated heterocycles. The Morgan fingerprint density at radius 3 is 2.77 bits per heavy atom. The first-order chi connectivity index (χ1) is 15.0. The van der Waals surface area contributed by atoms with Gasteiger partial charge in [-0.3, -0.25) is 9.48 Å². The molecule has 8 nitrogen and oxygen atoms in total. The van der Waals surface area contributed by atoms with Gasteiger partial charge in [0, 0.05) is 18.6 Å². The Balaban J connectivity index is 1.44. The van der Waals surface area contributed by atoms with Crippen molar-refractivity contribution in [2.24, 2.45) is 5.92 Å². The van der Waals surface area contributed by atoms with Crippen LogP contribution in [0.5, 0.6) is 5.75 Å². The number of para-hydroxylation sites is 1. The van der Waals surface area contributed by atoms with E-state index < -0.39 is 6.10 Å². The summed E-state index contributed by atoms with van der Waals surface area (Å²) in [5, 5.41) is 16.4. The molecule has 8 heteroatoms. The maximum Gasteiger partial charge on any atom is 0.265 e. The van der Waals surface area contributed by atoms with Crippen LogP contribution >= 0.6 is 0 Å². The number of imidazole rings is 1. The molecule has 0 radical (unpaired) electrons. The van der Waals surface area contributed by atoms with Crippen molar-refractivity contribution in [1.82, 2.24) is 19.2 Å². The first kappa shape index (κ1) is 20.2. The first-order valence-electron chi connectivity index (χ1n) is 9.95. The highest BCUT2D eigenvalue weighted by molar-refractivity contribution is 5.94. The molecule has 1 N–H and O–H groups in total. The number of carbonyl (C=O) groups is 1. The molecular formula is C23H22N6O2. The summed E-state index contributed by atoms with van der Waals surface area (Å²) in [5.74, 6) is -0.00353. The fourth-order valence-corrected chi connectivity index (χ4v) is 3.25. The van der Waals surface area contributed by atoms with Gasteiger partial charge in [-0.1, -0.05) is 32.0 Å². The van der Waals surface area contributed by atoms with Gasteiger partial charge in [-0.15, -0.1) is 0 Å². The summed E-state index contributed by atoms with van der Waals surface area (Å²) in [6.07, 6.45) is 6.48. The Hall–Kier alpha value is -4.12. The zero-order chi connectivity index (χ0) is 21.8. The summed E-state index contributed by atoms with van der Waals surface area (Å²) in [6.45, 7) is 4.27. The molecule has 4 rings (SSSR count). The van der Waals surface area contributed by atoms with Crippen LogP contribution in [0.25, 0.3) is 5.65 Å². The number of nitrogens with zero attached hydrogens (tertiary/aromatic N) is 5. The normalized spacial score (nSPS) is 11.9. The van der Waals surface area contributed by atoms with Crippen molar-refractivity contribution in [1.29, 1.82) is 5.26 Å². The van der Waals surface area contributed by atoms with E-state index in [-0.39, 0.29) is 11.8 Å². The highest BCUT2D eigenvalue weighted by atomic mass is 16.5. The van der Waals surface area contributed by atoms with E-state index in [0.29, 0.717) is 23.5 Å². The smallest absolute Gasteiger partial charge is 0.265 e. The highest BCUT2D eigenvalue weighted by Gasteiger charge is 2.25. The van der Waals surface area contributed by atoms with Crippen molar-refractivity contribution < 1.29 is 9.53 Å². The molecule has 0 saturated carbocycles. The topological polar surface area (TPSA) is 97.2 Å². The summed E-state index contributed by atoms with van der Waals surface area (Å²) >= 11 is 0. The summed E-state index contributed by atoms with van der Waals surface area (Å²) in [6, 6.07) is 14.8. The van der Waals surface area contributed by atoms with Gasteiger partial charge in [0.25, 0.3) is 5.91 Å². The Bertz CT molecular complexity index is 1220. The second-order valence-electron chi connectivity index (χ2n) is 7.50. The Labute approximate surface area is 179 Å². The van der Waals surface area contributed by atoms with E-state index in [4.69, 9.17) is 4.74 Å². The van der Waals surface area contributed by atoms with Crippen LogP contribution < -0.4 is 10.1 Å². The molecule has 1 unspecified atom stereocenters. The van der Waals surface area contributed by atoms with Crippen LogP contribution in [0, 0.1) is 17.2 Å². The van der Waals surface area contributed by atoms with E-state index in [1.807, 2.05) is 48.8 Å². The third-order valence-electron chi connectivity index (χ3n) is 4.76. The van der Waals surface area contributed by atoms with E-state index in [0.717, 1.165) is 11.3 Å². The van der Waals surface area contributed by atoms with Gasteiger partial charge >= 0.3 is 0 Å². The predicted molar refractivity (Wildman–Crippen MR) is 116 cm³/mol. The van der Waals surface area contributed by atoms with Crippen LogP contribution in [0.15, 0.2) is 67.3 Å². The number of ether oxygens (including phenoxy) is 1. The van der Waals surface area contributed by atoms with Gasteiger partial charge in [-0.05, 0) is 30.2 Å². The number of amides is 1. The minimum Gasteiger partial charge on any atom is -0.479 e. The van der Waals surface area contributed by atoms with E-state index in [2.05, 4.69) is 21.5 Å². The van der Waals surface area contributed by atoms with Crippen LogP contribution in [-0.4, -0.2) is 31.2 Å². The monoisotopic (exact) mass is 414 g/mol. The third-order valence-corrected chi connectivity index (χ3v) is 4.76. The Kier molecular flexibility index (Phi) is 5.67. The van der Waals surface area contributed by atoms with Crippen molar-refractivity contribution in [3.05, 3.63) is 78.5 Å². The number of nitriles is 1. The van der Waals surface area contributed by atoms with E-state index >= 15 is 0 Å². The van der Waals surface area contributed by atoms with Crippen LogP contribution in [0.2, 0.25) is 0 Å². The molecule has 0 aliphatic carbocycles. The lowest BCUT2D eigenvalue weighted by Gasteiger charge is -2.22. The van der Waals surface area contributed by atoms with Crippen molar-refractivity contribution in [3.63, 3.8) is 0 Å². The molecule has 3 aromatic heterocycles. The second kappa shape index (κ2) is 8.71. The van der Waals surface area contributed by atoms with Crippen molar-refractivity contribution in [2.45, 2.75) is 26.5 Å². The molecule has 1 aromatic carbocycles. The van der Waals surface area contributed by atoms with Crippen LogP contribution in [0.4, 0.5) is 5.69 Å². The molecule has 0 fully saturated rings. The van der Waals surface area contributed by atoms with E-state index in [1.165, 1.54) is 0 Å². The lowest BCUT2D eigenvalue weighted by atomic mass is 10.1. The number of nitrogens with one attached hydrogen (secondary N) is 1. The van der Waals surface area contributed by atoms with Gasteiger partial charge in [-0.2, -0.15) is 10.4 Å². The van der Waals surface area contributed by atoms with Crippen molar-refractivity contribution >= 4 is 17.2 Å². The quantitative estimate of drug-likeness (QED) is 0.499. The number of anilines is 1. The van der Waals surface area contributed by atoms with Gasteiger partial charge in [-0.25, -0.2) is 4.98 Å². The minimum atomic E-state index is -0.753. The van der Waals surface area contributed by atoms with Crippen LogP contribution in [0.3, 0.4) is 0 Å². The molecular weight excluding hydrogens is 392 g/mol. The average molecular weight is 414 g/mol. The molecule has 31 heavy (non-hydrogen) atoms. The van der Waals surface area contributed by atoms with Gasteiger partial charge in [0.05, 0.1) is 29.7 Å². The maximum absolute atomic E-state index is 12.9. The van der Waals surface area contributed by atoms with Gasteiger partial charge < -0.3 is 14.5 Å². The van der Waals surface area contributed by atoms with Crippen molar-refractivity contribution in [2.75, 3.05) is 5.32 Å². The van der Waals surface area contributed by atoms with E-state index in [1.54, 1.807) is 41.3 Å². The molecule has 0 aliphatic rings. The largest absolute Gasteiger partial charge is 0.479 e. The Morgan fingerprint density at radius 1 is 1.19 bits per heavy atom. The predicted octanol–water partition coefficient (Wildman–Crippen LogP) is 3.49. The average Bonchev–Trinajstić information content (AvgIpc) is 3.38. The first-order valence-corrected chi connectivity index (χ1v) is 9.95. The lowest BCUT2D eigenvalue weighted by molar-refractivity contribution is -0.124. The number of benzene rings is 1. The number of hydrogen-bond donors (Lipinski definition) is 1. The fraction of sp³-hybridized carbons (Fsp3) is 0.217. The number of hydrogen-bond acceptors (Lipinski definition) is 5. The zero-order valence-corrected chi connectivity index (χ0v) is 17.3. The number of fused-ring (bicyclic) bond motifs is 1. The van der Waals surface area contributed by atoms with Gasteiger partial charge in [0.15, 0.2) is 6.10 Å². The molecule has 0 spiro atoms. The molecule has 1 amide bonds. The van der Waals surface area contributed by atoms with Crippen LogP contribution in [0.1, 0.15) is 25.1 Å². The molecule has 4 aromatic rings. The SMILES string of the molecule is CC(C)C(Oc1ccccc1C#N)C(=O)Nc1cnn(Cc2cn3ccccc3n2)c1. The highest BCUT2D eigenvalue weighted by Crippen LogP contribution is 2.21. The van der Waals surface area contributed by atoms with Gasteiger partial charge in [0.2, 0.25) is 0 Å². The second-order valence-corrected chi connectivity index (χ2v) is 7.50. The molecule has 0 aliphatic heterocycles. The minimum absolute atomic E-state index is 0.0974. The Morgan fingerprint density at radius 2 is 2.00 bits per heavy atom. The van der Waals surface area contributed by atoms with Gasteiger partial charge in [0.1, 0.15) is 17.5 Å². The fourth-order valence-electron chi connectivity index (χ4n) is 3.25. The maximum atomic E-state index is 12.9. The number of rotatable bonds is 7. The number of aromatic nitrogens is 4. The van der Waals surface area contributed by atoms with Crippen LogP contribution in [-0.2, 0) is 11.3 Å². The van der Waals surface area contributed by atoms with Crippen molar-refractivity contribution in [3.8, 4) is 11.8 Å². The standard InChI is InChI=1S/C23H22N6O2/c1-16(2)22(31-20-8-4-3-7-17(20)11-24)23(30)27-18-12-25-29(14-18)15-19-13-28-10-6-5-9-21(28)26-19/h3-10,12-14,16,22H,15H2,1-2H3,(H,27,30).